The van der Waals surface area contributed by atoms with Gasteiger partial charge in [0.1, 0.15) is 27.5 Å². The highest BCUT2D eigenvalue weighted by molar-refractivity contribution is 9.10. The number of anilines is 1. The number of nitrogens with one attached hydrogen (secondary N) is 1. The molecular weight excluding hydrogens is 531 g/mol. The van der Waals surface area contributed by atoms with Crippen LogP contribution in [-0.4, -0.2) is 24.9 Å². The second kappa shape index (κ2) is 8.57. The van der Waals surface area contributed by atoms with Gasteiger partial charge in [-0.05, 0) is 46.6 Å². The lowest BCUT2D eigenvalue weighted by Gasteiger charge is -2.18. The predicted molar refractivity (Wildman–Crippen MR) is 117 cm³/mol. The summed E-state index contributed by atoms with van der Waals surface area (Å²) in [6, 6.07) is 3.37. The minimum atomic E-state index is -4.55. The summed E-state index contributed by atoms with van der Waals surface area (Å²) in [7, 11) is 0. The van der Waals surface area contributed by atoms with Crippen molar-refractivity contribution in [2.45, 2.75) is 19.1 Å². The number of fused-ring (bicyclic) bond motifs is 1. The first kappa shape index (κ1) is 22.3. The van der Waals surface area contributed by atoms with Crippen LogP contribution in [0.4, 0.5) is 19.0 Å². The van der Waals surface area contributed by atoms with Crippen LogP contribution in [0.5, 0.6) is 0 Å². The minimum absolute atomic E-state index is 0.104. The van der Waals surface area contributed by atoms with Crippen molar-refractivity contribution >= 4 is 55.6 Å². The van der Waals surface area contributed by atoms with Crippen molar-refractivity contribution in [3.05, 3.63) is 56.6 Å². The summed E-state index contributed by atoms with van der Waals surface area (Å²) in [5, 5.41) is 12.6. The molecule has 1 unspecified atom stereocenters. The zero-order chi connectivity index (χ0) is 23.0. The van der Waals surface area contributed by atoms with E-state index >= 15 is 0 Å². The number of nitrogens with zero attached hydrogens (tertiary/aromatic N) is 6. The molecule has 0 amide bonds. The number of halogens is 5. The molecule has 7 nitrogen and oxygen atoms in total. The van der Waals surface area contributed by atoms with Crippen molar-refractivity contribution < 1.29 is 13.2 Å². The fourth-order valence-corrected chi connectivity index (χ4v) is 4.41. The Morgan fingerprint density at radius 3 is 2.62 bits per heavy atom. The smallest absolute Gasteiger partial charge is 0.361 e. The summed E-state index contributed by atoms with van der Waals surface area (Å²) in [6.07, 6.45) is -0.146. The van der Waals surface area contributed by atoms with Crippen molar-refractivity contribution in [1.82, 2.24) is 24.9 Å². The Labute approximate surface area is 196 Å². The molecule has 0 aliphatic rings. The molecule has 32 heavy (non-hydrogen) atoms. The van der Waals surface area contributed by atoms with Crippen molar-refractivity contribution in [2.75, 3.05) is 5.32 Å². The topological polar surface area (TPSA) is 100 Å². The number of hydrogen-bond acceptors (Lipinski definition) is 8. The van der Waals surface area contributed by atoms with Gasteiger partial charge in [0, 0.05) is 22.3 Å². The minimum Gasteiger partial charge on any atom is -0.361 e. The Morgan fingerprint density at radius 1 is 1.19 bits per heavy atom. The first-order valence-electron chi connectivity index (χ1n) is 8.85. The summed E-state index contributed by atoms with van der Waals surface area (Å²) in [4.78, 5) is 21.4. The maximum absolute atomic E-state index is 13.4. The van der Waals surface area contributed by atoms with E-state index in [9.17, 15) is 13.2 Å². The van der Waals surface area contributed by atoms with Gasteiger partial charge in [-0.3, -0.25) is 9.97 Å². The number of hydrogen-bond donors (Lipinski definition) is 1. The molecule has 0 aliphatic carbocycles. The van der Waals surface area contributed by atoms with Crippen LogP contribution in [-0.2, 0) is 6.18 Å². The summed E-state index contributed by atoms with van der Waals surface area (Å²) < 4.78 is 40.2. The molecule has 4 aromatic rings. The number of alkyl halides is 3. The molecular formula is C19H10BrClF3N7S. The molecule has 1 aromatic carbocycles. The van der Waals surface area contributed by atoms with Crippen molar-refractivity contribution in [3.8, 4) is 16.8 Å². The van der Waals surface area contributed by atoms with E-state index in [2.05, 4.69) is 46.2 Å². The largest absolute Gasteiger partial charge is 0.416 e. The second-order valence-electron chi connectivity index (χ2n) is 6.49. The average Bonchev–Trinajstić information content (AvgIpc) is 3.23. The Hall–Kier alpha value is -2.88. The standard InChI is InChI=1S/C19H10BrClF3N7S/c1-8(13-15(27-3-2-26-13)17-28-7-10(6-25)32-17)29-16-11-4-9(19(22,23)24)5-12(20)14(11)30-18(21)31-16/h2-5,7-8H,1H3,(H,29,30,31). The number of aromatic nitrogens is 5. The third kappa shape index (κ3) is 4.36. The van der Waals surface area contributed by atoms with Crippen LogP contribution in [0.3, 0.4) is 0 Å². The first-order chi connectivity index (χ1) is 15.2. The molecule has 13 heteroatoms. The maximum atomic E-state index is 13.4. The zero-order valence-corrected chi connectivity index (χ0v) is 19.1. The normalized spacial score (nSPS) is 12.5. The van der Waals surface area contributed by atoms with E-state index in [1.165, 1.54) is 18.6 Å². The van der Waals surface area contributed by atoms with Crippen LogP contribution in [0.15, 0.2) is 35.2 Å². The molecule has 3 aromatic heterocycles. The van der Waals surface area contributed by atoms with Gasteiger partial charge in [-0.2, -0.15) is 18.4 Å². The second-order valence-corrected chi connectivity index (χ2v) is 8.71. The highest BCUT2D eigenvalue weighted by atomic mass is 79.9. The van der Waals surface area contributed by atoms with E-state index in [0.717, 1.165) is 23.5 Å². The van der Waals surface area contributed by atoms with E-state index < -0.39 is 17.8 Å². The monoisotopic (exact) mass is 539 g/mol. The third-order valence-corrected chi connectivity index (χ3v) is 6.04. The van der Waals surface area contributed by atoms with Gasteiger partial charge in [-0.1, -0.05) is 0 Å². The Balaban J connectivity index is 1.79. The average molecular weight is 541 g/mol. The lowest BCUT2D eigenvalue weighted by atomic mass is 10.1. The van der Waals surface area contributed by atoms with Crippen LogP contribution >= 0.6 is 38.9 Å². The molecule has 1 N–H and O–H groups in total. The van der Waals surface area contributed by atoms with Crippen molar-refractivity contribution in [1.29, 1.82) is 5.26 Å². The molecule has 0 aliphatic heterocycles. The summed E-state index contributed by atoms with van der Waals surface area (Å²) in [6.45, 7) is 1.75. The van der Waals surface area contributed by atoms with Crippen LogP contribution in [0.1, 0.15) is 29.1 Å². The van der Waals surface area contributed by atoms with Gasteiger partial charge in [0.2, 0.25) is 5.28 Å². The molecule has 4 rings (SSSR count). The Bertz CT molecular complexity index is 1370. The molecule has 0 saturated carbocycles. The molecule has 0 fully saturated rings. The molecule has 0 saturated heterocycles. The maximum Gasteiger partial charge on any atom is 0.416 e. The molecule has 162 valence electrons. The van der Waals surface area contributed by atoms with E-state index in [4.69, 9.17) is 16.9 Å². The van der Waals surface area contributed by atoms with Gasteiger partial charge in [0.15, 0.2) is 0 Å². The van der Waals surface area contributed by atoms with Crippen LogP contribution in [0.25, 0.3) is 21.6 Å². The molecule has 0 radical (unpaired) electrons. The molecule has 0 bridgehead atoms. The Morgan fingerprint density at radius 2 is 1.94 bits per heavy atom. The highest BCUT2D eigenvalue weighted by Gasteiger charge is 2.32. The number of nitriles is 1. The van der Waals surface area contributed by atoms with Crippen molar-refractivity contribution in [3.63, 3.8) is 0 Å². The van der Waals surface area contributed by atoms with Crippen molar-refractivity contribution in [2.24, 2.45) is 0 Å². The summed E-state index contributed by atoms with van der Waals surface area (Å²) >= 11 is 10.3. The lowest BCUT2D eigenvalue weighted by Crippen LogP contribution is -2.13. The van der Waals surface area contributed by atoms with E-state index in [-0.39, 0.29) is 26.5 Å². The fraction of sp³-hybridized carbons (Fsp3) is 0.158. The third-order valence-electron chi connectivity index (χ3n) is 4.36. The quantitative estimate of drug-likeness (QED) is 0.316. The van der Waals surface area contributed by atoms with Crippen LogP contribution in [0.2, 0.25) is 5.28 Å². The number of rotatable bonds is 4. The van der Waals surface area contributed by atoms with Crippen LogP contribution < -0.4 is 5.32 Å². The van der Waals surface area contributed by atoms with Gasteiger partial charge in [-0.15, -0.1) is 11.3 Å². The Kier molecular flexibility index (Phi) is 5.98. The number of thiazole rings is 1. The van der Waals surface area contributed by atoms with Gasteiger partial charge in [0.05, 0.1) is 29.0 Å². The van der Waals surface area contributed by atoms with Gasteiger partial charge in [0.25, 0.3) is 0 Å². The van der Waals surface area contributed by atoms with Crippen LogP contribution in [0, 0.1) is 11.3 Å². The van der Waals surface area contributed by atoms with E-state index in [1.807, 2.05) is 6.07 Å². The van der Waals surface area contributed by atoms with E-state index in [0.29, 0.717) is 21.3 Å². The van der Waals surface area contributed by atoms with Gasteiger partial charge >= 0.3 is 6.18 Å². The molecule has 0 spiro atoms. The summed E-state index contributed by atoms with van der Waals surface area (Å²) in [5.74, 6) is 0.104. The van der Waals surface area contributed by atoms with Gasteiger partial charge in [-0.25, -0.2) is 15.0 Å². The number of benzene rings is 1. The lowest BCUT2D eigenvalue weighted by molar-refractivity contribution is -0.137. The van der Waals surface area contributed by atoms with E-state index in [1.54, 1.807) is 6.92 Å². The molecule has 3 heterocycles. The molecule has 1 atom stereocenters. The SMILES string of the molecule is CC(Nc1nc(Cl)nc2c(Br)cc(C(F)(F)F)cc12)c1nccnc1-c1ncc(C#N)s1. The fourth-order valence-electron chi connectivity index (χ4n) is 2.98. The summed E-state index contributed by atoms with van der Waals surface area (Å²) in [5.41, 5.74) is 0.289. The first-order valence-corrected chi connectivity index (χ1v) is 10.8. The predicted octanol–water partition coefficient (Wildman–Crippen LogP) is 6.02. The zero-order valence-electron chi connectivity index (χ0n) is 15.9. The van der Waals surface area contributed by atoms with Gasteiger partial charge < -0.3 is 5.32 Å². The highest BCUT2D eigenvalue weighted by Crippen LogP contribution is 2.38.